The molecule has 2 aromatic rings. The summed E-state index contributed by atoms with van der Waals surface area (Å²) < 4.78 is 46.2. The Morgan fingerprint density at radius 2 is 1.84 bits per heavy atom. The Labute approximate surface area is 335 Å². The van der Waals surface area contributed by atoms with Crippen molar-refractivity contribution in [2.75, 3.05) is 13.7 Å². The molecule has 1 aromatic heterocycles. The fourth-order valence-electron chi connectivity index (χ4n) is 8.98. The smallest absolute Gasteiger partial charge is 0.307 e. The van der Waals surface area contributed by atoms with Gasteiger partial charge in [-0.15, -0.1) is 0 Å². The van der Waals surface area contributed by atoms with E-state index < -0.39 is 67.2 Å². The molecule has 8 rings (SSSR count). The molecule has 6 aliphatic rings. The number of pyridine rings is 1. The topological polar surface area (TPSA) is 170 Å². The quantitative estimate of drug-likeness (QED) is 0.256. The van der Waals surface area contributed by atoms with Crippen LogP contribution in [0.2, 0.25) is 0 Å². The number of carbonyl (C=O) groups excluding carboxylic acids is 4. The fourth-order valence-corrected chi connectivity index (χ4v) is 10.3. The molecule has 0 unspecified atom stereocenters. The zero-order valence-corrected chi connectivity index (χ0v) is 34.6. The van der Waals surface area contributed by atoms with Gasteiger partial charge in [0.25, 0.3) is 5.91 Å². The molecule has 3 saturated carbocycles. The first-order valence-electron chi connectivity index (χ1n) is 20.8. The SMILES string of the molecule is COc1ccc2nc(C(C)C)c3c(c2c1)CC[C@]1(C[C@H]2C(=O)N[C@]4(C(=O)NS(=O)(=O)C5(C)CC5)C[C@H]4/C=C\CCCCC[C@H](CC(=O)OC4(C)CC4)C(=O)N2C1)O3. The summed E-state index contributed by atoms with van der Waals surface area (Å²) >= 11 is 0. The summed E-state index contributed by atoms with van der Waals surface area (Å²) in [5.74, 6) is -1.85. The molecule has 0 radical (unpaired) electrons. The standard InChI is InChI=1S/C43H56N4O9S/c1-26(2)35-36-30(31-22-29(54-5)13-14-32(31)44-35)15-16-42(56-36)24-33-37(49)45-43(39(51)46-57(52,53)41(4)19-20-41)23-28(43)12-10-8-6-7-9-11-27(38(50)47(33)25-42)21-34(48)55-40(3)17-18-40/h10,12-14,22,26-28,33H,6-9,11,15-21,23-25H2,1-5H3,(H,45,49)(H,46,51)/b12-10-/t27-,28-,33+,42-,43-/m1/s1. The van der Waals surface area contributed by atoms with E-state index in [4.69, 9.17) is 19.2 Å². The first-order chi connectivity index (χ1) is 27.0. The second kappa shape index (κ2) is 14.3. The molecule has 3 aliphatic carbocycles. The van der Waals surface area contributed by atoms with Gasteiger partial charge in [0.2, 0.25) is 21.8 Å². The highest BCUT2D eigenvalue weighted by molar-refractivity contribution is 7.91. The third-order valence-corrected chi connectivity index (χ3v) is 15.6. The van der Waals surface area contributed by atoms with Crippen LogP contribution in [0.1, 0.15) is 128 Å². The Hall–Kier alpha value is -4.20. The van der Waals surface area contributed by atoms with Crippen molar-refractivity contribution in [3.63, 3.8) is 0 Å². The van der Waals surface area contributed by atoms with Crippen molar-refractivity contribution in [3.05, 3.63) is 41.6 Å². The first kappa shape index (κ1) is 39.6. The van der Waals surface area contributed by atoms with Crippen LogP contribution in [0, 0.1) is 11.8 Å². The zero-order chi connectivity index (χ0) is 40.5. The zero-order valence-electron chi connectivity index (χ0n) is 33.8. The van der Waals surface area contributed by atoms with E-state index in [-0.39, 0.29) is 37.6 Å². The van der Waals surface area contributed by atoms with Crippen LogP contribution in [0.3, 0.4) is 0 Å². The van der Waals surface area contributed by atoms with Gasteiger partial charge in [-0.2, -0.15) is 0 Å². The number of carbonyl (C=O) groups is 4. The summed E-state index contributed by atoms with van der Waals surface area (Å²) in [7, 11) is -2.36. The van der Waals surface area contributed by atoms with Gasteiger partial charge in [-0.1, -0.05) is 38.8 Å². The molecule has 1 aromatic carbocycles. The average Bonchev–Trinajstić information content (AvgIpc) is 4.13. The van der Waals surface area contributed by atoms with Crippen LogP contribution in [-0.4, -0.2) is 83.2 Å². The number of fused-ring (bicyclic) bond motifs is 5. The lowest BCUT2D eigenvalue weighted by Gasteiger charge is -2.37. The van der Waals surface area contributed by atoms with E-state index in [1.54, 1.807) is 18.9 Å². The van der Waals surface area contributed by atoms with Crippen molar-refractivity contribution in [1.82, 2.24) is 19.9 Å². The molecule has 3 aliphatic heterocycles. The van der Waals surface area contributed by atoms with Crippen molar-refractivity contribution in [1.29, 1.82) is 0 Å². The molecule has 308 valence electrons. The van der Waals surface area contributed by atoms with E-state index in [1.807, 2.05) is 37.3 Å². The monoisotopic (exact) mass is 804 g/mol. The Bertz CT molecular complexity index is 2140. The summed E-state index contributed by atoms with van der Waals surface area (Å²) in [4.78, 5) is 63.6. The maximum absolute atomic E-state index is 14.9. The molecule has 0 bridgehead atoms. The van der Waals surface area contributed by atoms with Crippen molar-refractivity contribution in [2.24, 2.45) is 11.8 Å². The van der Waals surface area contributed by atoms with E-state index in [1.165, 1.54) is 0 Å². The van der Waals surface area contributed by atoms with Crippen molar-refractivity contribution < 1.29 is 41.8 Å². The number of rotatable bonds is 8. The van der Waals surface area contributed by atoms with Gasteiger partial charge in [0.05, 0.1) is 36.0 Å². The van der Waals surface area contributed by atoms with Crippen LogP contribution >= 0.6 is 0 Å². The van der Waals surface area contributed by atoms with Gasteiger partial charge < -0.3 is 24.4 Å². The highest BCUT2D eigenvalue weighted by Crippen LogP contribution is 2.50. The largest absolute Gasteiger partial charge is 0.497 e. The number of hydrogen-bond acceptors (Lipinski definition) is 10. The number of nitrogens with zero attached hydrogens (tertiary/aromatic N) is 2. The Kier molecular flexibility index (Phi) is 9.92. The third-order valence-electron chi connectivity index (χ3n) is 13.4. The highest BCUT2D eigenvalue weighted by atomic mass is 32.2. The minimum Gasteiger partial charge on any atom is -0.497 e. The van der Waals surface area contributed by atoms with E-state index in [0.717, 1.165) is 54.3 Å². The van der Waals surface area contributed by atoms with Crippen molar-refractivity contribution in [2.45, 2.75) is 151 Å². The number of sulfonamides is 1. The Morgan fingerprint density at radius 3 is 2.54 bits per heavy atom. The van der Waals surface area contributed by atoms with Gasteiger partial charge in [-0.25, -0.2) is 13.4 Å². The molecule has 5 atom stereocenters. The predicted octanol–water partition coefficient (Wildman–Crippen LogP) is 5.53. The molecule has 4 heterocycles. The number of nitrogens with one attached hydrogen (secondary N) is 2. The number of aromatic nitrogens is 1. The summed E-state index contributed by atoms with van der Waals surface area (Å²) in [5, 5.41) is 3.91. The lowest BCUT2D eigenvalue weighted by molar-refractivity contribution is -0.155. The van der Waals surface area contributed by atoms with Crippen LogP contribution in [0.4, 0.5) is 0 Å². The third kappa shape index (κ3) is 7.51. The summed E-state index contributed by atoms with van der Waals surface area (Å²) in [5.41, 5.74) is -0.349. The Balaban J connectivity index is 1.15. The van der Waals surface area contributed by atoms with Gasteiger partial charge in [-0.3, -0.25) is 23.9 Å². The fraction of sp³-hybridized carbons (Fsp3) is 0.651. The van der Waals surface area contributed by atoms with E-state index in [9.17, 15) is 27.6 Å². The predicted molar refractivity (Wildman–Crippen MR) is 212 cm³/mol. The second-order valence-electron chi connectivity index (χ2n) is 18.4. The number of esters is 1. The molecular weight excluding hydrogens is 749 g/mol. The summed E-state index contributed by atoms with van der Waals surface area (Å²) in [6.07, 6.45) is 11.3. The minimum atomic E-state index is -3.98. The lowest BCUT2D eigenvalue weighted by Crippen LogP contribution is -2.57. The number of ether oxygens (including phenoxy) is 3. The lowest BCUT2D eigenvalue weighted by atomic mass is 9.86. The van der Waals surface area contributed by atoms with Crippen molar-refractivity contribution in [3.8, 4) is 11.5 Å². The summed E-state index contributed by atoms with van der Waals surface area (Å²) in [6, 6.07) is 4.74. The molecule has 2 N–H and O–H groups in total. The highest BCUT2D eigenvalue weighted by Gasteiger charge is 2.64. The molecular formula is C43H56N4O9S. The number of allylic oxidation sites excluding steroid dienone is 1. The van der Waals surface area contributed by atoms with E-state index in [0.29, 0.717) is 50.0 Å². The molecule has 4 fully saturated rings. The molecule has 1 saturated heterocycles. The maximum atomic E-state index is 14.9. The van der Waals surface area contributed by atoms with Crippen LogP contribution in [0.5, 0.6) is 11.5 Å². The number of aryl methyl sites for hydroxylation is 1. The summed E-state index contributed by atoms with van der Waals surface area (Å²) in [6.45, 7) is 7.71. The first-order valence-corrected chi connectivity index (χ1v) is 22.3. The molecule has 57 heavy (non-hydrogen) atoms. The molecule has 14 heteroatoms. The molecule has 13 nitrogen and oxygen atoms in total. The van der Waals surface area contributed by atoms with Gasteiger partial charge in [0.1, 0.15) is 34.3 Å². The Morgan fingerprint density at radius 1 is 1.07 bits per heavy atom. The number of hydrogen-bond donors (Lipinski definition) is 2. The number of amides is 3. The van der Waals surface area contributed by atoms with E-state index >= 15 is 0 Å². The second-order valence-corrected chi connectivity index (χ2v) is 20.6. The van der Waals surface area contributed by atoms with Crippen LogP contribution in [0.25, 0.3) is 10.9 Å². The van der Waals surface area contributed by atoms with Crippen molar-refractivity contribution >= 4 is 44.6 Å². The minimum absolute atomic E-state index is 0.00770. The number of methoxy groups -OCH3 is 1. The van der Waals surface area contributed by atoms with Crippen LogP contribution in [-0.2, 0) is 40.4 Å². The van der Waals surface area contributed by atoms with Crippen LogP contribution in [0.15, 0.2) is 30.4 Å². The van der Waals surface area contributed by atoms with Gasteiger partial charge in [0, 0.05) is 29.2 Å². The normalized spacial score (nSPS) is 30.8. The van der Waals surface area contributed by atoms with Crippen LogP contribution < -0.4 is 19.5 Å². The molecule has 3 amide bonds. The van der Waals surface area contributed by atoms with E-state index in [2.05, 4.69) is 23.9 Å². The average molecular weight is 805 g/mol. The van der Waals surface area contributed by atoms with Gasteiger partial charge in [-0.05, 0) is 102 Å². The maximum Gasteiger partial charge on any atom is 0.307 e. The number of benzene rings is 1. The van der Waals surface area contributed by atoms with Gasteiger partial charge in [0.15, 0.2) is 0 Å². The molecule has 1 spiro atoms. The van der Waals surface area contributed by atoms with Gasteiger partial charge >= 0.3 is 5.97 Å².